The van der Waals surface area contributed by atoms with Crippen molar-refractivity contribution in [2.45, 2.75) is 75.0 Å². The van der Waals surface area contributed by atoms with Crippen LogP contribution in [0.4, 0.5) is 4.39 Å². The number of benzene rings is 2. The predicted octanol–water partition coefficient (Wildman–Crippen LogP) is 6.07. The second kappa shape index (κ2) is 13.3. The molecule has 14 heteroatoms. The SMILES string of the molecule is C[C@H](Cc1cccc([C@@]2(C)CCCC(C)(C)CS(=O)(=O)CCc3c(c(F)cc4[nH]ccc34)S(=O)(=O)c3ccnc(c3)-c3nc2nn3C)c1)C(=O)O. The minimum Gasteiger partial charge on any atom is -0.481 e. The maximum atomic E-state index is 15.9. The highest BCUT2D eigenvalue weighted by Crippen LogP contribution is 2.40. The highest BCUT2D eigenvalue weighted by Gasteiger charge is 2.37. The first kappa shape index (κ1) is 36.4. The maximum absolute atomic E-state index is 15.9. The van der Waals surface area contributed by atoms with E-state index in [9.17, 15) is 26.7 Å². The number of pyridine rings is 1. The van der Waals surface area contributed by atoms with Crippen molar-refractivity contribution < 1.29 is 31.1 Å². The quantitative estimate of drug-likeness (QED) is 0.223. The number of halogens is 1. The molecule has 0 fully saturated rings. The van der Waals surface area contributed by atoms with E-state index < -0.39 is 53.1 Å². The molecule has 1 aliphatic heterocycles. The number of rotatable bonds is 4. The maximum Gasteiger partial charge on any atom is 0.306 e. The van der Waals surface area contributed by atoms with Gasteiger partial charge >= 0.3 is 5.97 Å². The van der Waals surface area contributed by atoms with Crippen molar-refractivity contribution in [2.75, 3.05) is 11.5 Å². The van der Waals surface area contributed by atoms with Gasteiger partial charge in [0.15, 0.2) is 21.5 Å². The van der Waals surface area contributed by atoms with Crippen molar-refractivity contribution in [3.05, 3.63) is 89.3 Å². The molecule has 3 aromatic heterocycles. The summed E-state index contributed by atoms with van der Waals surface area (Å²) in [6.45, 7) is 7.45. The van der Waals surface area contributed by atoms with Crippen LogP contribution in [0.2, 0.25) is 0 Å². The molecule has 4 heterocycles. The van der Waals surface area contributed by atoms with E-state index in [0.717, 1.165) is 17.2 Å². The zero-order valence-corrected chi connectivity index (χ0v) is 30.9. The number of carbonyl (C=O) groups is 1. The molecule has 6 rings (SSSR count). The van der Waals surface area contributed by atoms with Gasteiger partial charge in [0.1, 0.15) is 16.4 Å². The summed E-state index contributed by atoms with van der Waals surface area (Å²) in [5.74, 6) is -2.23. The third kappa shape index (κ3) is 7.21. The Morgan fingerprint density at radius 1 is 1.08 bits per heavy atom. The molecule has 2 aromatic carbocycles. The summed E-state index contributed by atoms with van der Waals surface area (Å²) < 4.78 is 73.4. The molecule has 1 aliphatic rings. The first-order valence-corrected chi connectivity index (χ1v) is 20.1. The van der Waals surface area contributed by atoms with Crippen molar-refractivity contribution in [3.8, 4) is 11.5 Å². The monoisotopic (exact) mass is 735 g/mol. The lowest BCUT2D eigenvalue weighted by Gasteiger charge is -2.31. The lowest BCUT2D eigenvalue weighted by molar-refractivity contribution is -0.141. The van der Waals surface area contributed by atoms with Gasteiger partial charge in [0, 0.05) is 30.3 Å². The largest absolute Gasteiger partial charge is 0.481 e. The topological polar surface area (TPSA) is 165 Å². The third-order valence-corrected chi connectivity index (χ3v) is 13.9. The third-order valence-electron chi connectivity index (χ3n) is 9.99. The Bertz CT molecular complexity index is 2370. The number of carboxylic acids is 1. The number of hydrogen-bond donors (Lipinski definition) is 2. The number of aromatic nitrogens is 5. The summed E-state index contributed by atoms with van der Waals surface area (Å²) in [5, 5.41) is 14.8. The minimum absolute atomic E-state index is 0.101. The summed E-state index contributed by atoms with van der Waals surface area (Å²) >= 11 is 0. The number of carboxylic acid groups (broad SMARTS) is 1. The number of nitrogens with one attached hydrogen (secondary N) is 1. The van der Waals surface area contributed by atoms with Crippen LogP contribution < -0.4 is 0 Å². The van der Waals surface area contributed by atoms with Crippen LogP contribution in [0.15, 0.2) is 70.7 Å². The van der Waals surface area contributed by atoms with Gasteiger partial charge in [0.25, 0.3) is 0 Å². The van der Waals surface area contributed by atoms with Crippen LogP contribution in [-0.2, 0) is 49.8 Å². The molecule has 0 spiro atoms. The number of aliphatic carboxylic acids is 1. The molecule has 0 saturated heterocycles. The van der Waals surface area contributed by atoms with E-state index in [-0.39, 0.29) is 34.1 Å². The number of hydrogen-bond acceptors (Lipinski definition) is 8. The molecule has 270 valence electrons. The number of sulfone groups is 2. The molecule has 0 aliphatic carbocycles. The van der Waals surface area contributed by atoms with Gasteiger partial charge in [0.05, 0.1) is 27.7 Å². The van der Waals surface area contributed by atoms with Crippen LogP contribution in [0.25, 0.3) is 22.4 Å². The molecule has 11 nitrogen and oxygen atoms in total. The molecular weight excluding hydrogens is 694 g/mol. The first-order valence-electron chi connectivity index (χ1n) is 16.8. The van der Waals surface area contributed by atoms with E-state index in [4.69, 9.17) is 10.1 Å². The molecular formula is C37H42FN5O6S2. The summed E-state index contributed by atoms with van der Waals surface area (Å²) in [6.07, 6.45) is 4.72. The average Bonchev–Trinajstić information content (AvgIpc) is 3.69. The van der Waals surface area contributed by atoms with Crippen molar-refractivity contribution in [1.82, 2.24) is 24.7 Å². The average molecular weight is 736 g/mol. The Labute approximate surface area is 297 Å². The van der Waals surface area contributed by atoms with Gasteiger partial charge in [-0.3, -0.25) is 9.78 Å². The summed E-state index contributed by atoms with van der Waals surface area (Å²) in [7, 11) is -6.56. The minimum atomic E-state index is -4.52. The molecule has 4 bridgehead atoms. The van der Waals surface area contributed by atoms with Gasteiger partial charge in [0.2, 0.25) is 9.84 Å². The Kier molecular flexibility index (Phi) is 9.47. The van der Waals surface area contributed by atoms with Crippen LogP contribution in [-0.4, -0.2) is 64.1 Å². The van der Waals surface area contributed by atoms with Gasteiger partial charge in [-0.25, -0.2) is 30.9 Å². The highest BCUT2D eigenvalue weighted by atomic mass is 32.2. The number of H-pyrrole nitrogens is 1. The summed E-state index contributed by atoms with van der Waals surface area (Å²) in [6, 6.07) is 13.0. The smallest absolute Gasteiger partial charge is 0.306 e. The lowest BCUT2D eigenvalue weighted by Crippen LogP contribution is -2.29. The standard InChI is InChI=1S/C37H42FN5O6S2/c1-23(34(44)45)18-24-8-6-9-25(19-24)37(4)14-7-13-36(2,3)22-50(46,47)17-12-28-27-11-16-39-30(27)21-29(38)32(28)51(48,49)26-10-15-40-31(20-26)33-41-35(37)42-43(33)5/h6,8-11,15-16,19-21,23,39H,7,12-14,17-18,22H2,1-5H3,(H,44,45)/t23-,37-/m1/s1. The van der Waals surface area contributed by atoms with Gasteiger partial charge < -0.3 is 10.1 Å². The number of aryl methyl sites for hydroxylation is 2. The zero-order chi connectivity index (χ0) is 36.9. The van der Waals surface area contributed by atoms with Crippen molar-refractivity contribution in [1.29, 1.82) is 0 Å². The van der Waals surface area contributed by atoms with Crippen LogP contribution in [0.1, 0.15) is 69.5 Å². The van der Waals surface area contributed by atoms with E-state index in [1.54, 1.807) is 26.2 Å². The fourth-order valence-corrected chi connectivity index (χ4v) is 10.8. The van der Waals surface area contributed by atoms with E-state index in [1.165, 1.54) is 23.0 Å². The van der Waals surface area contributed by atoms with Gasteiger partial charge in [-0.05, 0) is 79.0 Å². The molecule has 2 atom stereocenters. The van der Waals surface area contributed by atoms with Crippen molar-refractivity contribution in [2.24, 2.45) is 18.4 Å². The number of aromatic amines is 1. The van der Waals surface area contributed by atoms with Gasteiger partial charge in [-0.2, -0.15) is 5.10 Å². The predicted molar refractivity (Wildman–Crippen MR) is 191 cm³/mol. The fourth-order valence-electron chi connectivity index (χ4n) is 7.21. The first-order chi connectivity index (χ1) is 23.9. The van der Waals surface area contributed by atoms with Crippen LogP contribution in [0.3, 0.4) is 0 Å². The van der Waals surface area contributed by atoms with E-state index in [2.05, 4.69) is 9.97 Å². The van der Waals surface area contributed by atoms with E-state index in [1.807, 2.05) is 45.0 Å². The Morgan fingerprint density at radius 2 is 1.84 bits per heavy atom. The fraction of sp³-hybridized carbons (Fsp3) is 0.405. The van der Waals surface area contributed by atoms with Crippen molar-refractivity contribution in [3.63, 3.8) is 0 Å². The molecule has 0 unspecified atom stereocenters. The van der Waals surface area contributed by atoms with Crippen LogP contribution >= 0.6 is 0 Å². The molecule has 51 heavy (non-hydrogen) atoms. The summed E-state index contributed by atoms with van der Waals surface area (Å²) in [5.41, 5.74) is 0.938. The van der Waals surface area contributed by atoms with Crippen molar-refractivity contribution >= 4 is 36.5 Å². The second-order valence-electron chi connectivity index (χ2n) is 14.7. The van der Waals surface area contributed by atoms with E-state index >= 15 is 4.39 Å². The Hall–Kier alpha value is -4.43. The second-order valence-corrected chi connectivity index (χ2v) is 18.8. The van der Waals surface area contributed by atoms with Crippen LogP contribution in [0, 0.1) is 17.2 Å². The normalized spacial score (nSPS) is 20.9. The molecule has 0 radical (unpaired) electrons. The molecule has 0 saturated carbocycles. The Morgan fingerprint density at radius 3 is 2.59 bits per heavy atom. The molecule has 5 aromatic rings. The molecule has 0 amide bonds. The van der Waals surface area contributed by atoms with Crippen LogP contribution in [0.5, 0.6) is 0 Å². The number of nitrogens with zero attached hydrogens (tertiary/aromatic N) is 4. The summed E-state index contributed by atoms with van der Waals surface area (Å²) in [4.78, 5) is 23.1. The van der Waals surface area contributed by atoms with Gasteiger partial charge in [-0.15, -0.1) is 0 Å². The Balaban J connectivity index is 1.53. The molecule has 2 N–H and O–H groups in total. The zero-order valence-electron chi connectivity index (χ0n) is 29.3. The number of fused-ring (bicyclic) bond motifs is 8. The highest BCUT2D eigenvalue weighted by molar-refractivity contribution is 7.92. The van der Waals surface area contributed by atoms with E-state index in [0.29, 0.717) is 48.2 Å². The lowest BCUT2D eigenvalue weighted by atomic mass is 9.75. The van der Waals surface area contributed by atoms with Gasteiger partial charge in [-0.1, -0.05) is 51.5 Å².